The highest BCUT2D eigenvalue weighted by Crippen LogP contribution is 2.31. The number of hydrogen-bond donors (Lipinski definition) is 1. The van der Waals surface area contributed by atoms with Crippen molar-refractivity contribution in [2.45, 2.75) is 12.7 Å². The van der Waals surface area contributed by atoms with Crippen LogP contribution in [0.4, 0.5) is 13.2 Å². The van der Waals surface area contributed by atoms with Gasteiger partial charge in [-0.05, 0) is 18.2 Å². The largest absolute Gasteiger partial charge is 0.449 e. The Morgan fingerprint density at radius 3 is 2.76 bits per heavy atom. The lowest BCUT2D eigenvalue weighted by molar-refractivity contribution is -0.147. The zero-order valence-electron chi connectivity index (χ0n) is 12.7. The van der Waals surface area contributed by atoms with Gasteiger partial charge in [0.15, 0.2) is 0 Å². The maximum atomic E-state index is 13.2. The van der Waals surface area contributed by atoms with Gasteiger partial charge in [-0.15, -0.1) is 0 Å². The Bertz CT molecular complexity index is 918. The molecule has 0 fully saturated rings. The van der Waals surface area contributed by atoms with Crippen LogP contribution in [0, 0.1) is 0 Å². The molecule has 2 aromatic heterocycles. The normalized spacial score (nSPS) is 12.0. The van der Waals surface area contributed by atoms with Crippen LogP contribution >= 0.6 is 0 Å². The average molecular weight is 347 g/mol. The zero-order chi connectivity index (χ0) is 17.9. The number of nitrogens with one attached hydrogen (secondary N) is 1. The average Bonchev–Trinajstić information content (AvgIpc) is 2.95. The Balaban J connectivity index is 1.80. The molecule has 25 heavy (non-hydrogen) atoms. The summed E-state index contributed by atoms with van der Waals surface area (Å²) in [7, 11) is 0. The Morgan fingerprint density at radius 1 is 1.24 bits per heavy atom. The molecule has 3 rings (SSSR count). The predicted molar refractivity (Wildman–Crippen MR) is 84.7 cm³/mol. The first-order chi connectivity index (χ1) is 11.9. The molecule has 1 N–H and O–H groups in total. The number of benzene rings is 1. The van der Waals surface area contributed by atoms with Gasteiger partial charge in [0, 0.05) is 18.0 Å². The highest BCUT2D eigenvalue weighted by atomic mass is 19.4. The van der Waals surface area contributed by atoms with Crippen LogP contribution in [0.1, 0.15) is 11.4 Å². The Hall–Kier alpha value is -3.23. The van der Waals surface area contributed by atoms with Crippen molar-refractivity contribution in [2.24, 2.45) is 5.10 Å². The third-order valence-corrected chi connectivity index (χ3v) is 3.30. The van der Waals surface area contributed by atoms with Crippen molar-refractivity contribution in [3.05, 3.63) is 60.2 Å². The second kappa shape index (κ2) is 6.71. The number of hydrogen-bond acceptors (Lipinski definition) is 4. The van der Waals surface area contributed by atoms with Gasteiger partial charge in [0.25, 0.3) is 5.91 Å². The molecule has 0 aliphatic heterocycles. The number of imidazole rings is 1. The summed E-state index contributed by atoms with van der Waals surface area (Å²) in [6, 6.07) is 9.50. The van der Waals surface area contributed by atoms with Crippen molar-refractivity contribution >= 4 is 23.2 Å². The van der Waals surface area contributed by atoms with Crippen molar-refractivity contribution in [1.29, 1.82) is 0 Å². The van der Waals surface area contributed by atoms with Crippen LogP contribution in [0.5, 0.6) is 0 Å². The first-order valence-corrected chi connectivity index (χ1v) is 7.19. The number of carbonyl (C=O) groups is 1. The van der Waals surface area contributed by atoms with Gasteiger partial charge in [0.2, 0.25) is 5.82 Å². The number of pyridine rings is 1. The number of carbonyl (C=O) groups excluding carboxylic acids is 1. The molecule has 0 bridgehead atoms. The van der Waals surface area contributed by atoms with E-state index < -0.39 is 24.5 Å². The molecule has 1 amide bonds. The van der Waals surface area contributed by atoms with E-state index in [0.717, 1.165) is 4.57 Å². The van der Waals surface area contributed by atoms with E-state index in [1.807, 2.05) is 0 Å². The number of aromatic nitrogens is 3. The van der Waals surface area contributed by atoms with Gasteiger partial charge in [0.1, 0.15) is 6.54 Å². The van der Waals surface area contributed by atoms with Crippen molar-refractivity contribution in [2.75, 3.05) is 0 Å². The summed E-state index contributed by atoms with van der Waals surface area (Å²) in [5, 5.41) is 3.71. The van der Waals surface area contributed by atoms with Crippen molar-refractivity contribution in [1.82, 2.24) is 20.0 Å². The summed E-state index contributed by atoms with van der Waals surface area (Å²) < 4.78 is 40.3. The van der Waals surface area contributed by atoms with Crippen molar-refractivity contribution < 1.29 is 18.0 Å². The van der Waals surface area contributed by atoms with E-state index in [-0.39, 0.29) is 11.0 Å². The molecular weight excluding hydrogens is 335 g/mol. The molecule has 0 aliphatic carbocycles. The molecular formula is C16H12F3N5O. The second-order valence-electron chi connectivity index (χ2n) is 5.09. The molecule has 0 saturated carbocycles. The summed E-state index contributed by atoms with van der Waals surface area (Å²) in [5.74, 6) is -1.83. The summed E-state index contributed by atoms with van der Waals surface area (Å²) in [6.45, 7) is -0.556. The molecule has 128 valence electrons. The van der Waals surface area contributed by atoms with Crippen LogP contribution in [0.25, 0.3) is 11.0 Å². The van der Waals surface area contributed by atoms with Crippen LogP contribution in [0.15, 0.2) is 53.9 Å². The van der Waals surface area contributed by atoms with Crippen LogP contribution in [-0.4, -0.2) is 26.7 Å². The highest BCUT2D eigenvalue weighted by Gasteiger charge is 2.37. The van der Waals surface area contributed by atoms with Crippen LogP contribution in [0.3, 0.4) is 0 Å². The molecule has 0 radical (unpaired) electrons. The number of amides is 1. The third-order valence-electron chi connectivity index (χ3n) is 3.30. The molecule has 0 saturated heterocycles. The minimum Gasteiger partial charge on any atom is -0.311 e. The zero-order valence-corrected chi connectivity index (χ0v) is 12.7. The number of rotatable bonds is 4. The maximum absolute atomic E-state index is 13.2. The lowest BCUT2D eigenvalue weighted by atomic mass is 10.3. The highest BCUT2D eigenvalue weighted by molar-refractivity contribution is 5.83. The minimum absolute atomic E-state index is 0.168. The van der Waals surface area contributed by atoms with E-state index in [9.17, 15) is 18.0 Å². The van der Waals surface area contributed by atoms with E-state index in [4.69, 9.17) is 0 Å². The van der Waals surface area contributed by atoms with Crippen LogP contribution in [0.2, 0.25) is 0 Å². The fourth-order valence-electron chi connectivity index (χ4n) is 2.26. The summed E-state index contributed by atoms with van der Waals surface area (Å²) in [5.41, 5.74) is 3.24. The van der Waals surface area contributed by atoms with Gasteiger partial charge in [-0.1, -0.05) is 18.2 Å². The number of alkyl halides is 3. The van der Waals surface area contributed by atoms with Gasteiger partial charge < -0.3 is 4.57 Å². The molecule has 9 heteroatoms. The molecule has 6 nitrogen and oxygen atoms in total. The second-order valence-corrected chi connectivity index (χ2v) is 5.09. The quantitative estimate of drug-likeness (QED) is 0.582. The van der Waals surface area contributed by atoms with Crippen molar-refractivity contribution in [3.8, 4) is 0 Å². The number of hydrazone groups is 1. The Kier molecular flexibility index (Phi) is 4.46. The standard InChI is InChI=1S/C16H12F3N5O/c17-16(18,19)15-22-12-5-1-2-6-13(12)24(15)10-14(25)23-21-9-11-4-3-7-20-8-11/h1-9H,10H2,(H,23,25). The fourth-order valence-corrected chi connectivity index (χ4v) is 2.26. The predicted octanol–water partition coefficient (Wildman–Crippen LogP) is 2.60. The van der Waals surface area contributed by atoms with Gasteiger partial charge in [-0.25, -0.2) is 10.4 Å². The molecule has 2 heterocycles. The molecule has 0 aliphatic rings. The van der Waals surface area contributed by atoms with E-state index in [1.165, 1.54) is 24.5 Å². The van der Waals surface area contributed by atoms with E-state index in [2.05, 4.69) is 20.5 Å². The van der Waals surface area contributed by atoms with Crippen LogP contribution < -0.4 is 5.43 Å². The SMILES string of the molecule is O=C(Cn1c(C(F)(F)F)nc2ccccc21)NN=Cc1cccnc1. The maximum Gasteiger partial charge on any atom is 0.449 e. The van der Waals surface area contributed by atoms with Gasteiger partial charge in [-0.2, -0.15) is 18.3 Å². The topological polar surface area (TPSA) is 72.2 Å². The molecule has 1 aromatic carbocycles. The molecule has 0 unspecified atom stereocenters. The lowest BCUT2D eigenvalue weighted by Gasteiger charge is -2.10. The number of halogens is 3. The lowest BCUT2D eigenvalue weighted by Crippen LogP contribution is -2.26. The monoisotopic (exact) mass is 347 g/mol. The van der Waals surface area contributed by atoms with Gasteiger partial charge >= 0.3 is 6.18 Å². The third kappa shape index (κ3) is 3.82. The number of fused-ring (bicyclic) bond motifs is 1. The van der Waals surface area contributed by atoms with Crippen molar-refractivity contribution in [3.63, 3.8) is 0 Å². The number of para-hydroxylation sites is 2. The molecule has 0 atom stereocenters. The Morgan fingerprint density at radius 2 is 2.04 bits per heavy atom. The van der Waals surface area contributed by atoms with Gasteiger partial charge in [0.05, 0.1) is 17.2 Å². The van der Waals surface area contributed by atoms with Crippen LogP contribution in [-0.2, 0) is 17.5 Å². The van der Waals surface area contributed by atoms with E-state index in [1.54, 1.807) is 30.5 Å². The number of nitrogens with zero attached hydrogens (tertiary/aromatic N) is 4. The fraction of sp³-hybridized carbons (Fsp3) is 0.125. The first kappa shape index (κ1) is 16.6. The summed E-state index contributed by atoms with van der Waals surface area (Å²) >= 11 is 0. The van der Waals surface area contributed by atoms with Gasteiger partial charge in [-0.3, -0.25) is 9.78 Å². The summed E-state index contributed by atoms with van der Waals surface area (Å²) in [4.78, 5) is 19.4. The van der Waals surface area contributed by atoms with E-state index in [0.29, 0.717) is 5.56 Å². The minimum atomic E-state index is -4.67. The smallest absolute Gasteiger partial charge is 0.311 e. The summed E-state index contributed by atoms with van der Waals surface area (Å²) in [6.07, 6.45) is -0.209. The first-order valence-electron chi connectivity index (χ1n) is 7.19. The van der Waals surface area contributed by atoms with E-state index >= 15 is 0 Å². The Labute approximate surface area is 140 Å². The molecule has 0 spiro atoms. The molecule has 3 aromatic rings.